The van der Waals surface area contributed by atoms with E-state index in [9.17, 15) is 0 Å². The normalized spacial score (nSPS) is 15.8. The van der Waals surface area contributed by atoms with E-state index in [2.05, 4.69) is 63.3 Å². The van der Waals surface area contributed by atoms with Crippen molar-refractivity contribution in [3.05, 3.63) is 59.6 Å². The Morgan fingerprint density at radius 3 is 2.60 bits per heavy atom. The summed E-state index contributed by atoms with van der Waals surface area (Å²) < 4.78 is 1.31. The van der Waals surface area contributed by atoms with Crippen molar-refractivity contribution in [2.24, 2.45) is 0 Å². The fourth-order valence-electron chi connectivity index (χ4n) is 3.59. The fraction of sp³-hybridized carbons (Fsp3) is 0.381. The zero-order valence-corrected chi connectivity index (χ0v) is 15.4. The number of hydrogen-bond acceptors (Lipinski definition) is 4. The molecular weight excluding hydrogens is 326 g/mol. The van der Waals surface area contributed by atoms with Crippen LogP contribution < -0.4 is 4.90 Å². The van der Waals surface area contributed by atoms with Crippen LogP contribution in [0.2, 0.25) is 0 Å². The second-order valence-electron chi connectivity index (χ2n) is 6.78. The fourth-order valence-corrected chi connectivity index (χ4v) is 4.33. The maximum absolute atomic E-state index is 4.35. The molecule has 1 fully saturated rings. The lowest BCUT2D eigenvalue weighted by molar-refractivity contribution is 0.253. The van der Waals surface area contributed by atoms with Crippen LogP contribution >= 0.6 is 11.3 Å². The highest BCUT2D eigenvalue weighted by atomic mass is 32.1. The van der Waals surface area contributed by atoms with Crippen LogP contribution in [0.25, 0.3) is 10.2 Å². The number of aromatic nitrogens is 1. The maximum Gasteiger partial charge on any atom is 0.0812 e. The third-order valence-electron chi connectivity index (χ3n) is 5.08. The van der Waals surface area contributed by atoms with Crippen molar-refractivity contribution >= 4 is 27.2 Å². The molecule has 4 heteroatoms. The number of para-hydroxylation sites is 1. The van der Waals surface area contributed by atoms with Gasteiger partial charge in [-0.2, -0.15) is 0 Å². The zero-order valence-electron chi connectivity index (χ0n) is 14.6. The quantitative estimate of drug-likeness (QED) is 0.612. The van der Waals surface area contributed by atoms with Gasteiger partial charge in [-0.15, -0.1) is 11.3 Å². The highest BCUT2D eigenvalue weighted by molar-refractivity contribution is 7.16. The van der Waals surface area contributed by atoms with Gasteiger partial charge in [0.15, 0.2) is 0 Å². The molecule has 130 valence electrons. The van der Waals surface area contributed by atoms with Crippen molar-refractivity contribution in [1.82, 2.24) is 9.88 Å². The molecular formula is C21H25N3S. The van der Waals surface area contributed by atoms with Crippen LogP contribution in [0.3, 0.4) is 0 Å². The van der Waals surface area contributed by atoms with Gasteiger partial charge in [-0.05, 0) is 55.6 Å². The third-order valence-corrected chi connectivity index (χ3v) is 5.87. The molecule has 0 radical (unpaired) electrons. The molecule has 1 saturated heterocycles. The van der Waals surface area contributed by atoms with Crippen molar-refractivity contribution in [2.75, 3.05) is 37.6 Å². The standard InChI is InChI=1S/C21H25N3S/c1-2-7-19(8-3-1)24-14-12-23(13-15-24)11-5-4-6-18-9-10-20-21(16-18)25-17-22-20/h1-3,7-10,16-17H,4-6,11-15H2. The smallest absolute Gasteiger partial charge is 0.0812 e. The van der Waals surface area contributed by atoms with E-state index in [0.29, 0.717) is 0 Å². The number of unbranched alkanes of at least 4 members (excludes halogenated alkanes) is 1. The molecule has 0 amide bonds. The van der Waals surface area contributed by atoms with Gasteiger partial charge in [0.2, 0.25) is 0 Å². The number of nitrogens with zero attached hydrogens (tertiary/aromatic N) is 3. The van der Waals surface area contributed by atoms with Crippen LogP contribution in [0.15, 0.2) is 54.0 Å². The first-order valence-electron chi connectivity index (χ1n) is 9.23. The van der Waals surface area contributed by atoms with E-state index in [1.807, 2.05) is 5.51 Å². The third kappa shape index (κ3) is 4.20. The molecule has 0 spiro atoms. The summed E-state index contributed by atoms with van der Waals surface area (Å²) in [4.78, 5) is 9.47. The minimum Gasteiger partial charge on any atom is -0.369 e. The molecule has 25 heavy (non-hydrogen) atoms. The Morgan fingerprint density at radius 2 is 1.76 bits per heavy atom. The van der Waals surface area contributed by atoms with Crippen LogP contribution in [0.1, 0.15) is 18.4 Å². The molecule has 0 bridgehead atoms. The summed E-state index contributed by atoms with van der Waals surface area (Å²) in [5, 5.41) is 0. The number of piperazine rings is 1. The average Bonchev–Trinajstić information content (AvgIpc) is 3.14. The first kappa shape index (κ1) is 16.6. The van der Waals surface area contributed by atoms with Gasteiger partial charge in [0.1, 0.15) is 0 Å². The summed E-state index contributed by atoms with van der Waals surface area (Å²) in [6, 6.07) is 17.5. The summed E-state index contributed by atoms with van der Waals surface area (Å²) in [7, 11) is 0. The van der Waals surface area contributed by atoms with Crippen LogP contribution in [0.5, 0.6) is 0 Å². The summed E-state index contributed by atoms with van der Waals surface area (Å²) in [6.07, 6.45) is 3.73. The number of fused-ring (bicyclic) bond motifs is 1. The Kier molecular flexibility index (Phi) is 5.28. The van der Waals surface area contributed by atoms with Crippen LogP contribution in [-0.2, 0) is 6.42 Å². The van der Waals surface area contributed by atoms with E-state index in [1.165, 1.54) is 54.8 Å². The lowest BCUT2D eigenvalue weighted by Crippen LogP contribution is -2.46. The van der Waals surface area contributed by atoms with Gasteiger partial charge < -0.3 is 4.90 Å². The van der Waals surface area contributed by atoms with Crippen LogP contribution in [0.4, 0.5) is 5.69 Å². The Morgan fingerprint density at radius 1 is 0.920 bits per heavy atom. The van der Waals surface area contributed by atoms with E-state index in [4.69, 9.17) is 0 Å². The Labute approximate surface area is 153 Å². The second kappa shape index (κ2) is 7.98. The molecule has 0 unspecified atom stereocenters. The molecule has 4 rings (SSSR count). The first-order valence-corrected chi connectivity index (χ1v) is 10.1. The van der Waals surface area contributed by atoms with Gasteiger partial charge in [-0.25, -0.2) is 4.98 Å². The number of hydrogen-bond donors (Lipinski definition) is 0. The zero-order chi connectivity index (χ0) is 16.9. The highest BCUT2D eigenvalue weighted by Crippen LogP contribution is 2.20. The number of benzene rings is 2. The first-order chi connectivity index (χ1) is 12.4. The van der Waals surface area contributed by atoms with Gasteiger partial charge in [0, 0.05) is 31.9 Å². The second-order valence-corrected chi connectivity index (χ2v) is 7.66. The van der Waals surface area contributed by atoms with Crippen molar-refractivity contribution in [3.8, 4) is 0 Å². The monoisotopic (exact) mass is 351 g/mol. The minimum absolute atomic E-state index is 1.13. The van der Waals surface area contributed by atoms with Crippen molar-refractivity contribution in [2.45, 2.75) is 19.3 Å². The van der Waals surface area contributed by atoms with Gasteiger partial charge in [-0.1, -0.05) is 24.3 Å². The Bertz CT molecular complexity index is 791. The molecule has 0 saturated carbocycles. The van der Waals surface area contributed by atoms with Gasteiger partial charge >= 0.3 is 0 Å². The number of thiazole rings is 1. The summed E-state index contributed by atoms with van der Waals surface area (Å²) >= 11 is 1.74. The van der Waals surface area contributed by atoms with Gasteiger partial charge in [0.25, 0.3) is 0 Å². The van der Waals surface area contributed by atoms with E-state index < -0.39 is 0 Å². The topological polar surface area (TPSA) is 19.4 Å². The molecule has 3 aromatic rings. The molecule has 1 aromatic heterocycles. The lowest BCUT2D eigenvalue weighted by Gasteiger charge is -2.36. The number of rotatable bonds is 6. The van der Waals surface area contributed by atoms with Crippen LogP contribution in [-0.4, -0.2) is 42.6 Å². The average molecular weight is 352 g/mol. The van der Waals surface area contributed by atoms with E-state index >= 15 is 0 Å². The molecule has 3 nitrogen and oxygen atoms in total. The predicted molar refractivity (Wildman–Crippen MR) is 108 cm³/mol. The molecule has 0 atom stereocenters. The highest BCUT2D eigenvalue weighted by Gasteiger charge is 2.16. The van der Waals surface area contributed by atoms with Crippen molar-refractivity contribution in [3.63, 3.8) is 0 Å². The Balaban J connectivity index is 1.18. The molecule has 2 heterocycles. The van der Waals surface area contributed by atoms with Crippen molar-refractivity contribution in [1.29, 1.82) is 0 Å². The van der Waals surface area contributed by atoms with Crippen LogP contribution in [0, 0.1) is 0 Å². The molecule has 0 N–H and O–H groups in total. The van der Waals surface area contributed by atoms with E-state index in [-0.39, 0.29) is 0 Å². The molecule has 1 aliphatic heterocycles. The Hall–Kier alpha value is -1.91. The lowest BCUT2D eigenvalue weighted by atomic mass is 10.1. The summed E-state index contributed by atoms with van der Waals surface area (Å²) in [5.41, 5.74) is 5.88. The predicted octanol–water partition coefficient (Wildman–Crippen LogP) is 4.44. The van der Waals surface area contributed by atoms with Gasteiger partial charge in [0.05, 0.1) is 15.7 Å². The SMILES string of the molecule is c1ccc(N2CCN(CCCCc3ccc4ncsc4c3)CC2)cc1. The van der Waals surface area contributed by atoms with Crippen molar-refractivity contribution < 1.29 is 0 Å². The van der Waals surface area contributed by atoms with E-state index in [1.54, 1.807) is 11.3 Å². The summed E-state index contributed by atoms with van der Waals surface area (Å²) in [6.45, 7) is 5.88. The minimum atomic E-state index is 1.13. The summed E-state index contributed by atoms with van der Waals surface area (Å²) in [5.74, 6) is 0. The number of aryl methyl sites for hydroxylation is 1. The number of anilines is 1. The molecule has 2 aromatic carbocycles. The largest absolute Gasteiger partial charge is 0.369 e. The van der Waals surface area contributed by atoms with Gasteiger partial charge in [-0.3, -0.25) is 4.90 Å². The maximum atomic E-state index is 4.35. The van der Waals surface area contributed by atoms with E-state index in [0.717, 1.165) is 18.6 Å². The molecule has 0 aliphatic carbocycles. The molecule has 1 aliphatic rings.